The number of nitrogens with zero attached hydrogens (tertiary/aromatic N) is 4. The Balaban J connectivity index is 2.71. The summed E-state index contributed by atoms with van der Waals surface area (Å²) < 4.78 is 5.47. The molecule has 0 bridgehead atoms. The van der Waals surface area contributed by atoms with Crippen LogP contribution in [0.4, 0.5) is 11.9 Å². The van der Waals surface area contributed by atoms with Gasteiger partial charge in [-0.2, -0.15) is 15.0 Å². The molecule has 0 unspecified atom stereocenters. The highest BCUT2D eigenvalue weighted by Gasteiger charge is 2.11. The first kappa shape index (κ1) is 16.4. The van der Waals surface area contributed by atoms with Gasteiger partial charge in [-0.1, -0.05) is 0 Å². The number of ether oxygens (including phenoxy) is 1. The number of aromatic nitrogens is 3. The van der Waals surface area contributed by atoms with Crippen molar-refractivity contribution in [3.63, 3.8) is 0 Å². The van der Waals surface area contributed by atoms with Crippen LogP contribution in [0.3, 0.4) is 0 Å². The third-order valence-corrected chi connectivity index (χ3v) is 2.57. The van der Waals surface area contributed by atoms with Crippen LogP contribution in [0.1, 0.15) is 33.1 Å². The summed E-state index contributed by atoms with van der Waals surface area (Å²) in [7, 11) is 1.90. The van der Waals surface area contributed by atoms with E-state index in [-0.39, 0.29) is 24.7 Å². The van der Waals surface area contributed by atoms with Crippen LogP contribution < -0.4 is 20.9 Å². The fourth-order valence-corrected chi connectivity index (χ4v) is 1.58. The van der Waals surface area contributed by atoms with E-state index in [2.05, 4.69) is 20.4 Å². The van der Waals surface area contributed by atoms with Gasteiger partial charge in [-0.05, 0) is 33.1 Å². The summed E-state index contributed by atoms with van der Waals surface area (Å²) in [6.07, 6.45) is 2.70. The van der Waals surface area contributed by atoms with Gasteiger partial charge in [0.15, 0.2) is 0 Å². The molecule has 4 N–H and O–H groups in total. The van der Waals surface area contributed by atoms with Gasteiger partial charge in [-0.3, -0.25) is 5.43 Å². The monoisotopic (exact) mass is 284 g/mol. The number of unbranched alkanes of at least 4 members (excludes halogenated alkanes) is 2. The lowest BCUT2D eigenvalue weighted by molar-refractivity contribution is 0.222. The summed E-state index contributed by atoms with van der Waals surface area (Å²) in [5.41, 5.74) is 2.41. The van der Waals surface area contributed by atoms with Gasteiger partial charge in [-0.25, -0.2) is 5.84 Å². The normalized spacial score (nSPS) is 10.7. The number of nitrogens with one attached hydrogen (secondary N) is 1. The number of anilines is 2. The fraction of sp³-hybridized carbons (Fsp3) is 0.750. The third-order valence-electron chi connectivity index (χ3n) is 2.57. The average Bonchev–Trinajstić information content (AvgIpc) is 2.42. The summed E-state index contributed by atoms with van der Waals surface area (Å²) >= 11 is 0. The van der Waals surface area contributed by atoms with Crippen molar-refractivity contribution in [2.45, 2.75) is 39.2 Å². The van der Waals surface area contributed by atoms with E-state index in [1.54, 1.807) is 0 Å². The zero-order valence-corrected chi connectivity index (χ0v) is 12.3. The first-order valence-corrected chi connectivity index (χ1v) is 6.78. The van der Waals surface area contributed by atoms with E-state index in [1.165, 1.54) is 0 Å². The molecule has 8 nitrogen and oxygen atoms in total. The van der Waals surface area contributed by atoms with Gasteiger partial charge < -0.3 is 14.7 Å². The molecule has 1 aromatic heterocycles. The number of aliphatic hydroxyl groups is 1. The number of rotatable bonds is 9. The quantitative estimate of drug-likeness (QED) is 0.342. The van der Waals surface area contributed by atoms with Gasteiger partial charge in [0.2, 0.25) is 11.9 Å². The molecular weight excluding hydrogens is 260 g/mol. The Bertz CT molecular complexity index is 402. The molecule has 0 aliphatic rings. The van der Waals surface area contributed by atoms with Crippen LogP contribution in [0.25, 0.3) is 0 Å². The van der Waals surface area contributed by atoms with E-state index in [1.807, 2.05) is 25.8 Å². The van der Waals surface area contributed by atoms with Crippen molar-refractivity contribution in [1.82, 2.24) is 15.0 Å². The molecule has 1 aromatic rings. The van der Waals surface area contributed by atoms with Gasteiger partial charge in [-0.15, -0.1) is 0 Å². The maximum atomic E-state index is 8.75. The van der Waals surface area contributed by atoms with E-state index in [4.69, 9.17) is 15.7 Å². The van der Waals surface area contributed by atoms with E-state index < -0.39 is 0 Å². The summed E-state index contributed by atoms with van der Waals surface area (Å²) in [5, 5.41) is 8.75. The Kier molecular flexibility index (Phi) is 6.96. The van der Waals surface area contributed by atoms with Crippen LogP contribution in [0.2, 0.25) is 0 Å². The van der Waals surface area contributed by atoms with Crippen molar-refractivity contribution in [3.05, 3.63) is 0 Å². The van der Waals surface area contributed by atoms with Crippen LogP contribution in [0.15, 0.2) is 0 Å². The lowest BCUT2D eigenvalue weighted by Crippen LogP contribution is -2.23. The largest absolute Gasteiger partial charge is 0.461 e. The molecule has 1 rings (SSSR count). The van der Waals surface area contributed by atoms with Crippen LogP contribution in [0.5, 0.6) is 6.01 Å². The molecule has 0 amide bonds. The summed E-state index contributed by atoms with van der Waals surface area (Å²) in [6.45, 7) is 4.81. The second kappa shape index (κ2) is 8.49. The van der Waals surface area contributed by atoms with Crippen molar-refractivity contribution in [2.24, 2.45) is 5.84 Å². The van der Waals surface area contributed by atoms with Gasteiger partial charge in [0.05, 0.1) is 6.10 Å². The number of nitrogens with two attached hydrogens (primary N) is 1. The molecule has 0 spiro atoms. The lowest BCUT2D eigenvalue weighted by atomic mass is 10.2. The summed E-state index contributed by atoms with van der Waals surface area (Å²) in [4.78, 5) is 14.4. The van der Waals surface area contributed by atoms with Crippen molar-refractivity contribution in [1.29, 1.82) is 0 Å². The second-order valence-corrected chi connectivity index (χ2v) is 4.76. The minimum atomic E-state index is -0.0225. The molecule has 114 valence electrons. The zero-order chi connectivity index (χ0) is 15.0. The topological polar surface area (TPSA) is 109 Å². The molecule has 0 saturated carbocycles. The van der Waals surface area contributed by atoms with Gasteiger partial charge in [0.25, 0.3) is 0 Å². The van der Waals surface area contributed by atoms with Crippen molar-refractivity contribution in [3.8, 4) is 6.01 Å². The van der Waals surface area contributed by atoms with Gasteiger partial charge in [0.1, 0.15) is 0 Å². The Morgan fingerprint density at radius 3 is 2.60 bits per heavy atom. The predicted octanol–water partition coefficient (Wildman–Crippen LogP) is 0.543. The van der Waals surface area contributed by atoms with E-state index in [0.29, 0.717) is 5.95 Å². The highest BCUT2D eigenvalue weighted by atomic mass is 16.5. The smallest absolute Gasteiger partial charge is 0.323 e. The zero-order valence-electron chi connectivity index (χ0n) is 12.3. The molecule has 20 heavy (non-hydrogen) atoms. The number of hydrogen-bond donors (Lipinski definition) is 3. The van der Waals surface area contributed by atoms with Crippen molar-refractivity contribution < 1.29 is 9.84 Å². The first-order valence-electron chi connectivity index (χ1n) is 6.78. The Hall–Kier alpha value is -1.67. The molecule has 1 heterocycles. The number of hydrogen-bond acceptors (Lipinski definition) is 8. The third kappa shape index (κ3) is 5.54. The van der Waals surface area contributed by atoms with E-state index >= 15 is 0 Å². The van der Waals surface area contributed by atoms with Crippen LogP contribution in [-0.2, 0) is 0 Å². The van der Waals surface area contributed by atoms with Crippen LogP contribution in [0, 0.1) is 0 Å². The number of hydrazine groups is 1. The predicted molar refractivity (Wildman–Crippen MR) is 77.6 cm³/mol. The maximum Gasteiger partial charge on any atom is 0.323 e. The SMILES string of the molecule is CC(C)Oc1nc(NN)nc(N(C)CCCCCO)n1. The van der Waals surface area contributed by atoms with E-state index in [9.17, 15) is 0 Å². The van der Waals surface area contributed by atoms with Gasteiger partial charge in [0, 0.05) is 20.2 Å². The molecule has 0 radical (unpaired) electrons. The maximum absolute atomic E-state index is 8.75. The molecule has 0 fully saturated rings. The highest BCUT2D eigenvalue weighted by Crippen LogP contribution is 2.15. The van der Waals surface area contributed by atoms with Crippen molar-refractivity contribution >= 4 is 11.9 Å². The fourth-order valence-electron chi connectivity index (χ4n) is 1.58. The molecule has 0 aromatic carbocycles. The number of aliphatic hydroxyl groups excluding tert-OH is 1. The molecule has 8 heteroatoms. The Morgan fingerprint density at radius 2 is 2.00 bits per heavy atom. The minimum Gasteiger partial charge on any atom is -0.461 e. The molecule has 0 aliphatic carbocycles. The highest BCUT2D eigenvalue weighted by molar-refractivity contribution is 5.36. The standard InChI is InChI=1S/C12H24N6O2/c1-9(2)20-12-15-10(17-13)14-11(16-12)18(3)7-5-4-6-8-19/h9,19H,4-8,13H2,1-3H3,(H,14,15,16,17). The summed E-state index contributed by atoms with van der Waals surface area (Å²) in [6, 6.07) is 0.250. The molecular formula is C12H24N6O2. The van der Waals surface area contributed by atoms with Gasteiger partial charge >= 0.3 is 6.01 Å². The Labute approximate surface area is 119 Å². The molecule has 0 atom stereocenters. The van der Waals surface area contributed by atoms with Crippen LogP contribution in [-0.4, -0.2) is 46.4 Å². The second-order valence-electron chi connectivity index (χ2n) is 4.76. The van der Waals surface area contributed by atoms with Crippen molar-refractivity contribution in [2.75, 3.05) is 30.5 Å². The average molecular weight is 284 g/mol. The lowest BCUT2D eigenvalue weighted by Gasteiger charge is -2.18. The molecule has 0 aliphatic heterocycles. The van der Waals surface area contributed by atoms with Crippen LogP contribution >= 0.6 is 0 Å². The molecule has 0 saturated heterocycles. The summed E-state index contributed by atoms with van der Waals surface area (Å²) in [5.74, 6) is 6.13. The minimum absolute atomic E-state index is 0.0225. The number of nitrogen functional groups attached to an aromatic ring is 1. The Morgan fingerprint density at radius 1 is 1.25 bits per heavy atom. The first-order chi connectivity index (χ1) is 9.56. The van der Waals surface area contributed by atoms with E-state index in [0.717, 1.165) is 25.8 Å².